The number of nitrogens with zero attached hydrogens (tertiary/aromatic N) is 1. The van der Waals surface area contributed by atoms with Crippen LogP contribution in [0.15, 0.2) is 18.2 Å². The molecular formula is C26H40Cl2N2O3. The van der Waals surface area contributed by atoms with Gasteiger partial charge in [-0.15, -0.1) is 0 Å². The normalized spacial score (nSPS) is 16.6. The van der Waals surface area contributed by atoms with Crippen molar-refractivity contribution in [3.05, 3.63) is 33.8 Å². The molecule has 0 aromatic heterocycles. The average Bonchev–Trinajstić information content (AvgIpc) is 2.70. The summed E-state index contributed by atoms with van der Waals surface area (Å²) < 4.78 is 5.33. The largest absolute Gasteiger partial charge is 0.449 e. The Balaban J connectivity index is 1.76. The van der Waals surface area contributed by atoms with E-state index in [-0.39, 0.29) is 17.6 Å². The van der Waals surface area contributed by atoms with Crippen LogP contribution in [0.5, 0.6) is 0 Å². The van der Waals surface area contributed by atoms with E-state index >= 15 is 0 Å². The molecule has 0 spiro atoms. The fourth-order valence-corrected chi connectivity index (χ4v) is 4.63. The molecule has 1 fully saturated rings. The summed E-state index contributed by atoms with van der Waals surface area (Å²) in [6.45, 7) is 13.6. The van der Waals surface area contributed by atoms with Crippen molar-refractivity contribution in [2.45, 2.75) is 72.8 Å². The number of amides is 1. The minimum absolute atomic E-state index is 0.000125. The van der Waals surface area contributed by atoms with Gasteiger partial charge in [0.15, 0.2) is 0 Å². The quantitative estimate of drug-likeness (QED) is 0.405. The number of ether oxygens (including phenoxy) is 1. The monoisotopic (exact) mass is 498 g/mol. The van der Waals surface area contributed by atoms with E-state index in [9.17, 15) is 9.59 Å². The summed E-state index contributed by atoms with van der Waals surface area (Å²) in [4.78, 5) is 27.1. The minimum Gasteiger partial charge on any atom is -0.449 e. The number of rotatable bonds is 10. The molecule has 7 heteroatoms. The third-order valence-corrected chi connectivity index (χ3v) is 6.60. The lowest BCUT2D eigenvalue weighted by molar-refractivity contribution is -0.120. The number of ketones is 1. The Kier molecular flexibility index (Phi) is 11.0. The first-order chi connectivity index (χ1) is 15.4. The van der Waals surface area contributed by atoms with Crippen LogP contribution in [0.25, 0.3) is 0 Å². The molecule has 1 heterocycles. The van der Waals surface area contributed by atoms with Gasteiger partial charge in [-0.2, -0.15) is 0 Å². The number of hydrogen-bond donors (Lipinski definition) is 1. The summed E-state index contributed by atoms with van der Waals surface area (Å²) in [5.41, 5.74) is 0.927. The van der Waals surface area contributed by atoms with Crippen LogP contribution in [0.2, 0.25) is 10.0 Å². The molecule has 1 aliphatic heterocycles. The first-order valence-corrected chi connectivity index (χ1v) is 12.8. The highest BCUT2D eigenvalue weighted by Gasteiger charge is 2.30. The lowest BCUT2D eigenvalue weighted by Gasteiger charge is -2.38. The highest BCUT2D eigenvalue weighted by Crippen LogP contribution is 2.26. The number of aryl methyl sites for hydroxylation is 1. The third-order valence-electron chi connectivity index (χ3n) is 6.16. The van der Waals surface area contributed by atoms with Crippen molar-refractivity contribution in [1.29, 1.82) is 0 Å². The fraction of sp³-hybridized carbons (Fsp3) is 0.692. The van der Waals surface area contributed by atoms with Crippen LogP contribution in [0.1, 0.15) is 65.9 Å². The summed E-state index contributed by atoms with van der Waals surface area (Å²) in [7, 11) is 0. The van der Waals surface area contributed by atoms with Crippen molar-refractivity contribution < 1.29 is 14.3 Å². The highest BCUT2D eigenvalue weighted by atomic mass is 35.5. The lowest BCUT2D eigenvalue weighted by atomic mass is 9.85. The smallest absolute Gasteiger partial charge is 0.407 e. The molecule has 2 rings (SSSR count). The van der Waals surface area contributed by atoms with Gasteiger partial charge in [-0.25, -0.2) is 4.79 Å². The van der Waals surface area contributed by atoms with Crippen LogP contribution in [0, 0.1) is 17.3 Å². The van der Waals surface area contributed by atoms with Crippen LogP contribution >= 0.6 is 23.2 Å². The predicted octanol–water partition coefficient (Wildman–Crippen LogP) is 6.39. The Morgan fingerprint density at radius 3 is 2.27 bits per heavy atom. The maximum absolute atomic E-state index is 12.5. The molecule has 1 aliphatic rings. The SMILES string of the molecule is CC(C)COC(=O)NC(CN1CCC(CC(=O)CCc2cc(Cl)cc(Cl)c2)CC1)C(C)(C)C. The van der Waals surface area contributed by atoms with Gasteiger partial charge >= 0.3 is 6.09 Å². The molecule has 0 radical (unpaired) electrons. The molecule has 1 atom stereocenters. The van der Waals surface area contributed by atoms with Gasteiger partial charge in [-0.3, -0.25) is 4.79 Å². The first-order valence-electron chi connectivity index (χ1n) is 12.0. The van der Waals surface area contributed by atoms with E-state index in [0.717, 1.165) is 38.0 Å². The number of benzene rings is 1. The van der Waals surface area contributed by atoms with Crippen LogP contribution in [-0.4, -0.2) is 49.1 Å². The van der Waals surface area contributed by atoms with E-state index in [2.05, 4.69) is 31.0 Å². The number of Topliss-reactive ketones (excluding diaryl/α,β-unsaturated/α-hetero) is 1. The highest BCUT2D eigenvalue weighted by molar-refractivity contribution is 6.34. The number of piperidine rings is 1. The van der Waals surface area contributed by atoms with Crippen LogP contribution < -0.4 is 5.32 Å². The Bertz CT molecular complexity index is 764. The van der Waals surface area contributed by atoms with Gasteiger partial charge in [0.25, 0.3) is 0 Å². The number of carbonyl (C=O) groups is 2. The van der Waals surface area contributed by atoms with Crippen molar-refractivity contribution in [2.75, 3.05) is 26.2 Å². The van der Waals surface area contributed by atoms with Gasteiger partial charge in [0.2, 0.25) is 0 Å². The number of hydrogen-bond acceptors (Lipinski definition) is 4. The minimum atomic E-state index is -0.343. The molecule has 186 valence electrons. The van der Waals surface area contributed by atoms with Gasteiger partial charge in [0, 0.05) is 35.5 Å². The van der Waals surface area contributed by atoms with E-state index in [0.29, 0.717) is 53.5 Å². The molecule has 5 nitrogen and oxygen atoms in total. The van der Waals surface area contributed by atoms with Gasteiger partial charge in [0.1, 0.15) is 5.78 Å². The maximum Gasteiger partial charge on any atom is 0.407 e. The van der Waals surface area contributed by atoms with Crippen LogP contribution in [0.3, 0.4) is 0 Å². The molecule has 1 amide bonds. The summed E-state index contributed by atoms with van der Waals surface area (Å²) in [6, 6.07) is 5.45. The summed E-state index contributed by atoms with van der Waals surface area (Å²) in [5, 5.41) is 4.28. The molecule has 0 bridgehead atoms. The summed E-state index contributed by atoms with van der Waals surface area (Å²) >= 11 is 12.1. The zero-order valence-electron chi connectivity index (χ0n) is 20.8. The molecule has 1 aromatic rings. The van der Waals surface area contributed by atoms with E-state index < -0.39 is 0 Å². The van der Waals surface area contributed by atoms with Crippen molar-refractivity contribution >= 4 is 35.1 Å². The van der Waals surface area contributed by atoms with Gasteiger partial charge < -0.3 is 15.0 Å². The number of alkyl carbamates (subject to hydrolysis) is 1. The van der Waals surface area contributed by atoms with Crippen molar-refractivity contribution in [3.63, 3.8) is 0 Å². The average molecular weight is 500 g/mol. The van der Waals surface area contributed by atoms with E-state index in [1.54, 1.807) is 6.07 Å². The first kappa shape index (κ1) is 27.9. The molecular weight excluding hydrogens is 459 g/mol. The zero-order valence-corrected chi connectivity index (χ0v) is 22.3. The number of likely N-dealkylation sites (tertiary alicyclic amines) is 1. The third kappa shape index (κ3) is 10.7. The molecule has 1 N–H and O–H groups in total. The van der Waals surface area contributed by atoms with Crippen molar-refractivity contribution in [1.82, 2.24) is 10.2 Å². The molecule has 1 saturated heterocycles. The molecule has 0 saturated carbocycles. The molecule has 33 heavy (non-hydrogen) atoms. The van der Waals surface area contributed by atoms with Crippen LogP contribution in [-0.2, 0) is 16.0 Å². The second-order valence-electron chi connectivity index (χ2n) is 10.8. The van der Waals surface area contributed by atoms with Crippen molar-refractivity contribution in [3.8, 4) is 0 Å². The van der Waals surface area contributed by atoms with Gasteiger partial charge in [0.05, 0.1) is 6.61 Å². The fourth-order valence-electron chi connectivity index (χ4n) is 4.06. The van der Waals surface area contributed by atoms with Gasteiger partial charge in [-0.05, 0) is 73.4 Å². The standard InChI is InChI=1S/C26H40Cl2N2O3/c1-18(2)17-33-25(32)29-24(26(3,4)5)16-30-10-8-19(9-11-30)14-23(31)7-6-20-12-21(27)15-22(28)13-20/h12-13,15,18-19,24H,6-11,14,16-17H2,1-5H3,(H,29,32). The van der Waals surface area contributed by atoms with E-state index in [1.165, 1.54) is 0 Å². The topological polar surface area (TPSA) is 58.6 Å². The Labute approximate surface area is 209 Å². The predicted molar refractivity (Wildman–Crippen MR) is 136 cm³/mol. The number of nitrogens with one attached hydrogen (secondary N) is 1. The Hall–Kier alpha value is -1.30. The number of carbonyl (C=O) groups excluding carboxylic acids is 2. The zero-order chi connectivity index (χ0) is 24.6. The lowest BCUT2D eigenvalue weighted by Crippen LogP contribution is -2.52. The molecule has 1 unspecified atom stereocenters. The summed E-state index contributed by atoms with van der Waals surface area (Å²) in [5.74, 6) is 1.04. The van der Waals surface area contributed by atoms with Gasteiger partial charge in [-0.1, -0.05) is 57.8 Å². The van der Waals surface area contributed by atoms with Crippen molar-refractivity contribution in [2.24, 2.45) is 17.3 Å². The van der Waals surface area contributed by atoms with E-state index in [1.807, 2.05) is 26.0 Å². The Morgan fingerprint density at radius 2 is 1.73 bits per heavy atom. The Morgan fingerprint density at radius 1 is 1.12 bits per heavy atom. The van der Waals surface area contributed by atoms with Crippen LogP contribution in [0.4, 0.5) is 4.79 Å². The second-order valence-corrected chi connectivity index (χ2v) is 11.7. The second kappa shape index (κ2) is 13.0. The maximum atomic E-state index is 12.5. The van der Waals surface area contributed by atoms with E-state index in [4.69, 9.17) is 27.9 Å². The molecule has 1 aromatic carbocycles. The molecule has 0 aliphatic carbocycles. The summed E-state index contributed by atoms with van der Waals surface area (Å²) in [6.07, 6.45) is 3.48. The number of halogens is 2.